The minimum Gasteiger partial charge on any atom is -0.496 e. The van der Waals surface area contributed by atoms with Gasteiger partial charge in [-0.25, -0.2) is 0 Å². The van der Waals surface area contributed by atoms with Gasteiger partial charge in [-0.15, -0.1) is 0 Å². The van der Waals surface area contributed by atoms with Gasteiger partial charge in [0.05, 0.1) is 18.2 Å². The van der Waals surface area contributed by atoms with Gasteiger partial charge in [-0.05, 0) is 24.3 Å². The molecule has 0 unspecified atom stereocenters. The minimum atomic E-state index is -2.98. The van der Waals surface area contributed by atoms with Crippen LogP contribution in [0.4, 0.5) is 8.78 Å². The molecule has 0 bridgehead atoms. The molecule has 2 aromatic carbocycles. The topological polar surface area (TPSA) is 35.5 Å². The Bertz CT molecular complexity index is 612. The van der Waals surface area contributed by atoms with Crippen molar-refractivity contribution in [1.82, 2.24) is 0 Å². The van der Waals surface area contributed by atoms with Gasteiger partial charge < -0.3 is 9.47 Å². The first kappa shape index (κ1) is 14.0. The van der Waals surface area contributed by atoms with Crippen LogP contribution in [0, 0.1) is 0 Å². The van der Waals surface area contributed by atoms with Crippen LogP contribution in [0.2, 0.25) is 0 Å². The normalized spacial score (nSPS) is 10.4. The average molecular weight is 278 g/mol. The van der Waals surface area contributed by atoms with E-state index in [1.54, 1.807) is 30.3 Å². The standard InChI is InChI=1S/C15H12F2O3/c1-19-12-8-4-2-6-10(12)14(18)11-7-3-5-9-13(11)20-15(16)17/h2-9,15H,1H3. The summed E-state index contributed by atoms with van der Waals surface area (Å²) in [4.78, 5) is 12.4. The predicted octanol–water partition coefficient (Wildman–Crippen LogP) is 3.53. The van der Waals surface area contributed by atoms with Crippen LogP contribution in [0.1, 0.15) is 15.9 Å². The number of carbonyl (C=O) groups is 1. The summed E-state index contributed by atoms with van der Waals surface area (Å²) < 4.78 is 34.2. The van der Waals surface area contributed by atoms with Crippen molar-refractivity contribution in [3.05, 3.63) is 59.7 Å². The summed E-state index contributed by atoms with van der Waals surface area (Å²) in [7, 11) is 1.44. The molecule has 5 heteroatoms. The van der Waals surface area contributed by atoms with Crippen molar-refractivity contribution >= 4 is 5.78 Å². The van der Waals surface area contributed by atoms with Crippen molar-refractivity contribution in [2.24, 2.45) is 0 Å². The van der Waals surface area contributed by atoms with E-state index in [9.17, 15) is 13.6 Å². The lowest BCUT2D eigenvalue weighted by molar-refractivity contribution is -0.0501. The van der Waals surface area contributed by atoms with Crippen molar-refractivity contribution < 1.29 is 23.0 Å². The van der Waals surface area contributed by atoms with Crippen LogP contribution >= 0.6 is 0 Å². The monoisotopic (exact) mass is 278 g/mol. The number of hydrogen-bond acceptors (Lipinski definition) is 3. The number of rotatable bonds is 5. The molecule has 104 valence electrons. The lowest BCUT2D eigenvalue weighted by Crippen LogP contribution is -2.09. The molecule has 0 radical (unpaired) electrons. The van der Waals surface area contributed by atoms with E-state index < -0.39 is 12.4 Å². The van der Waals surface area contributed by atoms with Gasteiger partial charge in [0.25, 0.3) is 0 Å². The van der Waals surface area contributed by atoms with E-state index in [0.29, 0.717) is 11.3 Å². The van der Waals surface area contributed by atoms with Crippen molar-refractivity contribution in [3.63, 3.8) is 0 Å². The van der Waals surface area contributed by atoms with Gasteiger partial charge in [0.1, 0.15) is 11.5 Å². The highest BCUT2D eigenvalue weighted by atomic mass is 19.3. The zero-order valence-corrected chi connectivity index (χ0v) is 10.7. The summed E-state index contributed by atoms with van der Waals surface area (Å²) >= 11 is 0. The van der Waals surface area contributed by atoms with Crippen LogP contribution in [0.5, 0.6) is 11.5 Å². The van der Waals surface area contributed by atoms with E-state index in [1.807, 2.05) is 0 Å². The molecule has 0 saturated carbocycles. The lowest BCUT2D eigenvalue weighted by atomic mass is 10.0. The van der Waals surface area contributed by atoms with Crippen molar-refractivity contribution in [1.29, 1.82) is 0 Å². The second kappa shape index (κ2) is 6.14. The fourth-order valence-corrected chi connectivity index (χ4v) is 1.83. The first-order valence-electron chi connectivity index (χ1n) is 5.85. The Morgan fingerprint density at radius 3 is 2.00 bits per heavy atom. The first-order valence-corrected chi connectivity index (χ1v) is 5.85. The molecule has 0 amide bonds. The molecule has 0 atom stereocenters. The fraction of sp³-hybridized carbons (Fsp3) is 0.133. The van der Waals surface area contributed by atoms with Gasteiger partial charge in [-0.2, -0.15) is 8.78 Å². The van der Waals surface area contributed by atoms with E-state index in [1.165, 1.54) is 25.3 Å². The second-order valence-electron chi connectivity index (χ2n) is 3.90. The SMILES string of the molecule is COc1ccccc1C(=O)c1ccccc1OC(F)F. The average Bonchev–Trinajstić information content (AvgIpc) is 2.46. The molecule has 0 aliphatic rings. The van der Waals surface area contributed by atoms with Crippen LogP contribution in [0.15, 0.2) is 48.5 Å². The van der Waals surface area contributed by atoms with Gasteiger partial charge in [0.2, 0.25) is 0 Å². The van der Waals surface area contributed by atoms with E-state index in [4.69, 9.17) is 4.74 Å². The molecular weight excluding hydrogens is 266 g/mol. The fourth-order valence-electron chi connectivity index (χ4n) is 1.83. The van der Waals surface area contributed by atoms with Crippen LogP contribution in [0.25, 0.3) is 0 Å². The van der Waals surface area contributed by atoms with Crippen LogP contribution in [-0.2, 0) is 0 Å². The van der Waals surface area contributed by atoms with E-state index >= 15 is 0 Å². The summed E-state index contributed by atoms with van der Waals surface area (Å²) in [5.74, 6) is -0.207. The molecule has 0 saturated heterocycles. The number of methoxy groups -OCH3 is 1. The van der Waals surface area contributed by atoms with Gasteiger partial charge in [-0.1, -0.05) is 24.3 Å². The quantitative estimate of drug-likeness (QED) is 0.785. The molecule has 0 aromatic heterocycles. The zero-order valence-electron chi connectivity index (χ0n) is 10.7. The van der Waals surface area contributed by atoms with E-state index in [-0.39, 0.29) is 11.3 Å². The molecule has 2 rings (SSSR count). The van der Waals surface area contributed by atoms with Crippen molar-refractivity contribution in [3.8, 4) is 11.5 Å². The lowest BCUT2D eigenvalue weighted by Gasteiger charge is -2.11. The van der Waals surface area contributed by atoms with E-state index in [2.05, 4.69) is 4.74 Å². The van der Waals surface area contributed by atoms with Crippen LogP contribution in [-0.4, -0.2) is 19.5 Å². The number of alkyl halides is 2. The third-order valence-corrected chi connectivity index (χ3v) is 2.70. The molecule has 0 N–H and O–H groups in total. The summed E-state index contributed by atoms with van der Waals surface area (Å²) in [5, 5.41) is 0. The Labute approximate surface area is 114 Å². The minimum absolute atomic E-state index is 0.0669. The maximum atomic E-state index is 12.4. The Morgan fingerprint density at radius 1 is 0.950 bits per heavy atom. The molecule has 0 spiro atoms. The number of halogens is 2. The number of hydrogen-bond donors (Lipinski definition) is 0. The highest BCUT2D eigenvalue weighted by Crippen LogP contribution is 2.27. The van der Waals surface area contributed by atoms with E-state index in [0.717, 1.165) is 0 Å². The predicted molar refractivity (Wildman–Crippen MR) is 69.5 cm³/mol. The van der Waals surface area contributed by atoms with Gasteiger partial charge in [0.15, 0.2) is 5.78 Å². The third-order valence-electron chi connectivity index (χ3n) is 2.70. The molecular formula is C15H12F2O3. The third kappa shape index (κ3) is 2.93. The highest BCUT2D eigenvalue weighted by Gasteiger charge is 2.19. The summed E-state index contributed by atoms with van der Waals surface area (Å²) in [6, 6.07) is 12.5. The molecule has 0 fully saturated rings. The van der Waals surface area contributed by atoms with Crippen molar-refractivity contribution in [2.45, 2.75) is 6.61 Å². The largest absolute Gasteiger partial charge is 0.496 e. The smallest absolute Gasteiger partial charge is 0.387 e. The summed E-state index contributed by atoms with van der Waals surface area (Å²) in [6.45, 7) is -2.98. The highest BCUT2D eigenvalue weighted by molar-refractivity contribution is 6.12. The molecule has 20 heavy (non-hydrogen) atoms. The molecule has 2 aromatic rings. The van der Waals surface area contributed by atoms with Crippen molar-refractivity contribution in [2.75, 3.05) is 7.11 Å². The number of benzene rings is 2. The number of ether oxygens (including phenoxy) is 2. The zero-order chi connectivity index (χ0) is 14.5. The molecule has 0 aliphatic carbocycles. The Kier molecular flexibility index (Phi) is 4.30. The maximum absolute atomic E-state index is 12.4. The van der Waals surface area contributed by atoms with Gasteiger partial charge >= 0.3 is 6.61 Å². The summed E-state index contributed by atoms with van der Waals surface area (Å²) in [5.41, 5.74) is 0.359. The Balaban J connectivity index is 2.43. The Morgan fingerprint density at radius 2 is 1.45 bits per heavy atom. The maximum Gasteiger partial charge on any atom is 0.387 e. The number of ketones is 1. The van der Waals surface area contributed by atoms with Gasteiger partial charge in [0, 0.05) is 0 Å². The first-order chi connectivity index (χ1) is 9.63. The number of carbonyl (C=O) groups excluding carboxylic acids is 1. The summed E-state index contributed by atoms with van der Waals surface area (Å²) in [6.07, 6.45) is 0. The molecule has 0 heterocycles. The second-order valence-corrected chi connectivity index (χ2v) is 3.90. The number of para-hydroxylation sites is 2. The molecule has 3 nitrogen and oxygen atoms in total. The molecule has 0 aliphatic heterocycles. The van der Waals surface area contributed by atoms with Crippen LogP contribution in [0.3, 0.4) is 0 Å². The van der Waals surface area contributed by atoms with Gasteiger partial charge in [-0.3, -0.25) is 4.79 Å². The van der Waals surface area contributed by atoms with Crippen LogP contribution < -0.4 is 9.47 Å². The Hall–Kier alpha value is -2.43.